The van der Waals surface area contributed by atoms with Gasteiger partial charge in [-0.25, -0.2) is 9.18 Å². The van der Waals surface area contributed by atoms with Gasteiger partial charge in [-0.3, -0.25) is 4.79 Å². The summed E-state index contributed by atoms with van der Waals surface area (Å²) in [6.45, 7) is 0.440. The van der Waals surface area contributed by atoms with E-state index in [1.165, 1.54) is 6.92 Å². The Kier molecular flexibility index (Phi) is 6.61. The topological polar surface area (TPSA) is 84.9 Å². The number of benzene rings is 1. The van der Waals surface area contributed by atoms with Crippen molar-refractivity contribution in [3.8, 4) is 5.75 Å². The van der Waals surface area contributed by atoms with E-state index in [2.05, 4.69) is 5.32 Å². The summed E-state index contributed by atoms with van der Waals surface area (Å²) in [7, 11) is 1.54. The molecule has 6 nitrogen and oxygen atoms in total. The van der Waals surface area contributed by atoms with Gasteiger partial charge in [0.25, 0.3) is 0 Å². The zero-order valence-corrected chi connectivity index (χ0v) is 11.8. The molecule has 0 heterocycles. The summed E-state index contributed by atoms with van der Waals surface area (Å²) < 4.78 is 22.8. The van der Waals surface area contributed by atoms with Crippen LogP contribution in [0.3, 0.4) is 0 Å². The molecular weight excluding hydrogens is 281 g/mol. The van der Waals surface area contributed by atoms with E-state index in [0.717, 1.165) is 5.56 Å². The first kappa shape index (κ1) is 16.9. The lowest BCUT2D eigenvalue weighted by Gasteiger charge is -2.16. The van der Waals surface area contributed by atoms with E-state index in [9.17, 15) is 14.0 Å². The number of hydrogen-bond donors (Lipinski definition) is 2. The van der Waals surface area contributed by atoms with Gasteiger partial charge in [-0.1, -0.05) is 12.1 Å². The number of carbonyl (C=O) groups excluding carboxylic acids is 1. The Balaban J connectivity index is 2.50. The van der Waals surface area contributed by atoms with Gasteiger partial charge in [0.15, 0.2) is 6.04 Å². The first-order chi connectivity index (χ1) is 9.97. The number of ether oxygens (including phenoxy) is 2. The average molecular weight is 299 g/mol. The van der Waals surface area contributed by atoms with Crippen molar-refractivity contribution in [2.24, 2.45) is 0 Å². The molecule has 2 atom stereocenters. The lowest BCUT2D eigenvalue weighted by molar-refractivity contribution is -0.144. The maximum atomic E-state index is 12.4. The normalized spacial score (nSPS) is 13.3. The van der Waals surface area contributed by atoms with Gasteiger partial charge in [0.2, 0.25) is 5.91 Å². The Morgan fingerprint density at radius 2 is 2.14 bits per heavy atom. The summed E-state index contributed by atoms with van der Waals surface area (Å²) in [4.78, 5) is 22.3. The number of nitrogens with one attached hydrogen (secondary N) is 1. The van der Waals surface area contributed by atoms with Gasteiger partial charge >= 0.3 is 5.97 Å². The number of hydrogen-bond acceptors (Lipinski definition) is 4. The van der Waals surface area contributed by atoms with E-state index < -0.39 is 30.7 Å². The molecule has 0 saturated heterocycles. The molecule has 0 bridgehead atoms. The van der Waals surface area contributed by atoms with Crippen LogP contribution in [0.15, 0.2) is 24.3 Å². The number of methoxy groups -OCH3 is 1. The van der Waals surface area contributed by atoms with E-state index in [1.807, 2.05) is 0 Å². The van der Waals surface area contributed by atoms with Gasteiger partial charge < -0.3 is 19.9 Å². The Morgan fingerprint density at radius 1 is 1.43 bits per heavy atom. The number of aliphatic carboxylic acids is 1. The molecule has 2 N–H and O–H groups in total. The highest BCUT2D eigenvalue weighted by atomic mass is 19.1. The minimum Gasteiger partial charge on any atom is -0.497 e. The van der Waals surface area contributed by atoms with Crippen LogP contribution >= 0.6 is 0 Å². The van der Waals surface area contributed by atoms with Gasteiger partial charge in [-0.15, -0.1) is 0 Å². The smallest absolute Gasteiger partial charge is 0.328 e. The SMILES string of the molecule is COc1cccc(COC(C)C(=O)NC(CF)C(=O)O)c1. The third-order valence-corrected chi connectivity index (χ3v) is 2.77. The van der Waals surface area contributed by atoms with Crippen molar-refractivity contribution in [3.05, 3.63) is 29.8 Å². The Bertz CT molecular complexity index is 494. The van der Waals surface area contributed by atoms with E-state index in [0.29, 0.717) is 5.75 Å². The van der Waals surface area contributed by atoms with Crippen LogP contribution in [-0.2, 0) is 20.9 Å². The van der Waals surface area contributed by atoms with Crippen molar-refractivity contribution < 1.29 is 28.6 Å². The van der Waals surface area contributed by atoms with E-state index in [4.69, 9.17) is 14.6 Å². The fourth-order valence-electron chi connectivity index (χ4n) is 1.51. The first-order valence-corrected chi connectivity index (χ1v) is 6.31. The van der Waals surface area contributed by atoms with Gasteiger partial charge in [0.1, 0.15) is 18.5 Å². The molecule has 21 heavy (non-hydrogen) atoms. The highest BCUT2D eigenvalue weighted by Crippen LogP contribution is 2.13. The first-order valence-electron chi connectivity index (χ1n) is 6.31. The molecule has 0 aliphatic carbocycles. The van der Waals surface area contributed by atoms with Crippen LogP contribution in [0, 0.1) is 0 Å². The second kappa shape index (κ2) is 8.21. The second-order valence-corrected chi connectivity index (χ2v) is 4.36. The fraction of sp³-hybridized carbons (Fsp3) is 0.429. The molecule has 0 aliphatic heterocycles. The van der Waals surface area contributed by atoms with Gasteiger partial charge in [-0.05, 0) is 24.6 Å². The maximum absolute atomic E-state index is 12.4. The average Bonchev–Trinajstić information content (AvgIpc) is 2.49. The van der Waals surface area contributed by atoms with Crippen LogP contribution in [0.25, 0.3) is 0 Å². The number of carboxylic acid groups (broad SMARTS) is 1. The second-order valence-electron chi connectivity index (χ2n) is 4.36. The summed E-state index contributed by atoms with van der Waals surface area (Å²) in [5.74, 6) is -1.44. The summed E-state index contributed by atoms with van der Waals surface area (Å²) in [6.07, 6.45) is -0.899. The molecule has 116 valence electrons. The van der Waals surface area contributed by atoms with Crippen molar-refractivity contribution in [3.63, 3.8) is 0 Å². The molecule has 0 saturated carbocycles. The molecule has 7 heteroatoms. The van der Waals surface area contributed by atoms with Crippen LogP contribution in [-0.4, -0.2) is 42.9 Å². The molecule has 2 unspecified atom stereocenters. The van der Waals surface area contributed by atoms with Gasteiger partial charge in [-0.2, -0.15) is 0 Å². The quantitative estimate of drug-likeness (QED) is 0.752. The standard InChI is InChI=1S/C14H18FNO5/c1-9(13(17)16-12(7-15)14(18)19)21-8-10-4-3-5-11(6-10)20-2/h3-6,9,12H,7-8H2,1-2H3,(H,16,17)(H,18,19). The van der Waals surface area contributed by atoms with E-state index >= 15 is 0 Å². The summed E-state index contributed by atoms with van der Waals surface area (Å²) in [5, 5.41) is 10.7. The third kappa shape index (κ3) is 5.39. The molecule has 0 spiro atoms. The van der Waals surface area contributed by atoms with Crippen molar-refractivity contribution >= 4 is 11.9 Å². The van der Waals surface area contributed by atoms with Crippen LogP contribution < -0.4 is 10.1 Å². The van der Waals surface area contributed by atoms with Crippen LogP contribution in [0.5, 0.6) is 5.75 Å². The molecule has 0 radical (unpaired) electrons. The Labute approximate surface area is 121 Å². The fourth-order valence-corrected chi connectivity index (χ4v) is 1.51. The molecule has 1 aromatic rings. The van der Waals surface area contributed by atoms with E-state index in [1.54, 1.807) is 31.4 Å². The Morgan fingerprint density at radius 3 is 2.71 bits per heavy atom. The number of amides is 1. The minimum absolute atomic E-state index is 0.152. The maximum Gasteiger partial charge on any atom is 0.328 e. The molecule has 0 fully saturated rings. The predicted octanol–water partition coefficient (Wildman–Crippen LogP) is 1.14. The number of carboxylic acids is 1. The van der Waals surface area contributed by atoms with Crippen molar-refractivity contribution in [2.45, 2.75) is 25.7 Å². The third-order valence-electron chi connectivity index (χ3n) is 2.77. The van der Waals surface area contributed by atoms with Crippen LogP contribution in [0.4, 0.5) is 4.39 Å². The summed E-state index contributed by atoms with van der Waals surface area (Å²) >= 11 is 0. The van der Waals surface area contributed by atoms with Crippen LogP contribution in [0.1, 0.15) is 12.5 Å². The molecular formula is C14H18FNO5. The van der Waals surface area contributed by atoms with Gasteiger partial charge in [0.05, 0.1) is 13.7 Å². The van der Waals surface area contributed by atoms with E-state index in [-0.39, 0.29) is 6.61 Å². The lowest BCUT2D eigenvalue weighted by Crippen LogP contribution is -2.46. The molecule has 1 aromatic carbocycles. The zero-order valence-electron chi connectivity index (χ0n) is 11.8. The minimum atomic E-state index is -1.56. The largest absolute Gasteiger partial charge is 0.497 e. The molecule has 0 aliphatic rings. The monoisotopic (exact) mass is 299 g/mol. The summed E-state index contributed by atoms with van der Waals surface area (Å²) in [6, 6.07) is 5.56. The van der Waals surface area contributed by atoms with Crippen molar-refractivity contribution in [2.75, 3.05) is 13.8 Å². The molecule has 1 rings (SSSR count). The van der Waals surface area contributed by atoms with Crippen LogP contribution in [0.2, 0.25) is 0 Å². The van der Waals surface area contributed by atoms with Crippen molar-refractivity contribution in [1.29, 1.82) is 0 Å². The molecule has 0 aromatic heterocycles. The highest BCUT2D eigenvalue weighted by molar-refractivity contribution is 5.86. The number of rotatable bonds is 8. The number of carbonyl (C=O) groups is 2. The zero-order chi connectivity index (χ0) is 15.8. The molecule has 1 amide bonds. The van der Waals surface area contributed by atoms with Crippen molar-refractivity contribution in [1.82, 2.24) is 5.32 Å². The number of alkyl halides is 1. The highest BCUT2D eigenvalue weighted by Gasteiger charge is 2.23. The lowest BCUT2D eigenvalue weighted by atomic mass is 10.2. The van der Waals surface area contributed by atoms with Gasteiger partial charge in [0, 0.05) is 0 Å². The predicted molar refractivity (Wildman–Crippen MR) is 72.8 cm³/mol. The summed E-state index contributed by atoms with van der Waals surface area (Å²) in [5.41, 5.74) is 0.800. The number of halogens is 1. The Hall–Kier alpha value is -2.15.